The summed E-state index contributed by atoms with van der Waals surface area (Å²) in [6.07, 6.45) is 0.389. The number of benzene rings is 2. The number of hydrogen-bond donors (Lipinski definition) is 0. The van der Waals surface area contributed by atoms with E-state index in [9.17, 15) is 9.59 Å². The topological polar surface area (TPSA) is 40.6 Å². The Balaban J connectivity index is 1.64. The van der Waals surface area contributed by atoms with Crippen LogP contribution in [0, 0.1) is 0 Å². The lowest BCUT2D eigenvalue weighted by atomic mass is 10.00. The van der Waals surface area contributed by atoms with E-state index in [1.807, 2.05) is 77.4 Å². The summed E-state index contributed by atoms with van der Waals surface area (Å²) < 4.78 is 0. The molecule has 0 saturated carbocycles. The number of rotatable bonds is 4. The van der Waals surface area contributed by atoms with E-state index < -0.39 is 0 Å². The highest BCUT2D eigenvalue weighted by Gasteiger charge is 2.27. The molecule has 1 unspecified atom stereocenters. The van der Waals surface area contributed by atoms with Gasteiger partial charge in [0.25, 0.3) is 0 Å². The van der Waals surface area contributed by atoms with Gasteiger partial charge >= 0.3 is 0 Å². The molecule has 0 N–H and O–H groups in total. The van der Waals surface area contributed by atoms with E-state index in [0.717, 1.165) is 11.1 Å². The van der Waals surface area contributed by atoms with E-state index in [2.05, 4.69) is 0 Å². The third-order valence-electron chi connectivity index (χ3n) is 4.79. The zero-order chi connectivity index (χ0) is 17.6. The standard InChI is InChI=1S/C21H24N2O2/c1-17(19-10-6-3-7-11-19)21(25)22-13-12-20(24)23(15-14-22)16-18-8-4-2-5-9-18/h2-11,17H,12-16H2,1H3. The first-order valence-corrected chi connectivity index (χ1v) is 8.80. The van der Waals surface area contributed by atoms with Gasteiger partial charge in [-0.05, 0) is 18.1 Å². The highest BCUT2D eigenvalue weighted by molar-refractivity contribution is 5.84. The van der Waals surface area contributed by atoms with Crippen molar-refractivity contribution in [2.75, 3.05) is 19.6 Å². The molecule has 0 aromatic heterocycles. The Hall–Kier alpha value is -2.62. The van der Waals surface area contributed by atoms with E-state index in [1.165, 1.54) is 0 Å². The van der Waals surface area contributed by atoms with Gasteiger partial charge in [-0.2, -0.15) is 0 Å². The van der Waals surface area contributed by atoms with Gasteiger partial charge < -0.3 is 9.80 Å². The van der Waals surface area contributed by atoms with Crippen molar-refractivity contribution in [1.29, 1.82) is 0 Å². The lowest BCUT2D eigenvalue weighted by Crippen LogP contribution is -2.37. The van der Waals surface area contributed by atoms with Crippen molar-refractivity contribution in [3.05, 3.63) is 71.8 Å². The minimum absolute atomic E-state index is 0.0977. The summed E-state index contributed by atoms with van der Waals surface area (Å²) in [5.41, 5.74) is 2.14. The van der Waals surface area contributed by atoms with Crippen LogP contribution in [-0.4, -0.2) is 41.2 Å². The maximum absolute atomic E-state index is 12.8. The summed E-state index contributed by atoms with van der Waals surface area (Å²) in [5, 5.41) is 0. The minimum Gasteiger partial charge on any atom is -0.340 e. The van der Waals surface area contributed by atoms with Gasteiger partial charge in [-0.25, -0.2) is 0 Å². The van der Waals surface area contributed by atoms with Crippen LogP contribution in [0.25, 0.3) is 0 Å². The molecular formula is C21H24N2O2. The molecule has 1 saturated heterocycles. The Morgan fingerprint density at radius 3 is 2.28 bits per heavy atom. The largest absolute Gasteiger partial charge is 0.340 e. The SMILES string of the molecule is CC(C(=O)N1CCC(=O)N(Cc2ccccc2)CC1)c1ccccc1. The van der Waals surface area contributed by atoms with Crippen LogP contribution in [-0.2, 0) is 16.1 Å². The molecule has 1 fully saturated rings. The minimum atomic E-state index is -0.183. The molecule has 25 heavy (non-hydrogen) atoms. The van der Waals surface area contributed by atoms with Crippen molar-refractivity contribution in [2.45, 2.75) is 25.8 Å². The number of hydrogen-bond acceptors (Lipinski definition) is 2. The first kappa shape index (κ1) is 17.2. The highest BCUT2D eigenvalue weighted by Crippen LogP contribution is 2.19. The third kappa shape index (κ3) is 4.27. The summed E-state index contributed by atoms with van der Waals surface area (Å²) in [5.74, 6) is 0.0315. The molecule has 0 aliphatic carbocycles. The van der Waals surface area contributed by atoms with E-state index in [4.69, 9.17) is 0 Å². The molecule has 4 nitrogen and oxygen atoms in total. The van der Waals surface area contributed by atoms with E-state index >= 15 is 0 Å². The second kappa shape index (κ2) is 7.97. The maximum Gasteiger partial charge on any atom is 0.229 e. The summed E-state index contributed by atoms with van der Waals surface area (Å²) >= 11 is 0. The first-order chi connectivity index (χ1) is 12.1. The Bertz CT molecular complexity index is 715. The zero-order valence-electron chi connectivity index (χ0n) is 14.6. The zero-order valence-corrected chi connectivity index (χ0v) is 14.6. The quantitative estimate of drug-likeness (QED) is 0.861. The van der Waals surface area contributed by atoms with E-state index in [1.54, 1.807) is 0 Å². The van der Waals surface area contributed by atoms with Crippen LogP contribution >= 0.6 is 0 Å². The van der Waals surface area contributed by atoms with E-state index in [-0.39, 0.29) is 17.7 Å². The molecule has 2 aromatic rings. The Morgan fingerprint density at radius 2 is 1.60 bits per heavy atom. The molecular weight excluding hydrogens is 312 g/mol. The predicted molar refractivity (Wildman–Crippen MR) is 97.9 cm³/mol. The molecule has 1 aliphatic heterocycles. The van der Waals surface area contributed by atoms with Gasteiger partial charge in [0, 0.05) is 32.6 Å². The smallest absolute Gasteiger partial charge is 0.229 e. The van der Waals surface area contributed by atoms with Crippen molar-refractivity contribution in [1.82, 2.24) is 9.80 Å². The van der Waals surface area contributed by atoms with Gasteiger partial charge in [-0.1, -0.05) is 60.7 Å². The van der Waals surface area contributed by atoms with Crippen LogP contribution in [0.4, 0.5) is 0 Å². The molecule has 0 bridgehead atoms. The Labute approximate surface area is 149 Å². The lowest BCUT2D eigenvalue weighted by molar-refractivity contribution is -0.132. The normalized spacial score (nSPS) is 16.4. The molecule has 2 aromatic carbocycles. The summed E-state index contributed by atoms with van der Waals surface area (Å²) in [7, 11) is 0. The third-order valence-corrected chi connectivity index (χ3v) is 4.79. The van der Waals surface area contributed by atoms with Gasteiger partial charge in [0.1, 0.15) is 0 Å². The van der Waals surface area contributed by atoms with Gasteiger partial charge in [-0.15, -0.1) is 0 Å². The highest BCUT2D eigenvalue weighted by atomic mass is 16.2. The van der Waals surface area contributed by atoms with Crippen LogP contribution in [0.15, 0.2) is 60.7 Å². The van der Waals surface area contributed by atoms with Crippen molar-refractivity contribution >= 4 is 11.8 Å². The van der Waals surface area contributed by atoms with Gasteiger partial charge in [0.05, 0.1) is 5.92 Å². The van der Waals surface area contributed by atoms with Crippen molar-refractivity contribution in [2.24, 2.45) is 0 Å². The predicted octanol–water partition coefficient (Wildman–Crippen LogP) is 3.05. The van der Waals surface area contributed by atoms with Crippen molar-refractivity contribution in [3.63, 3.8) is 0 Å². The molecule has 2 amide bonds. The molecule has 1 heterocycles. The summed E-state index contributed by atoms with van der Waals surface area (Å²) in [6.45, 7) is 4.22. The fourth-order valence-electron chi connectivity index (χ4n) is 3.22. The molecule has 1 aliphatic rings. The van der Waals surface area contributed by atoms with Gasteiger partial charge in [0.2, 0.25) is 11.8 Å². The fourth-order valence-corrected chi connectivity index (χ4v) is 3.22. The van der Waals surface area contributed by atoms with Crippen LogP contribution in [0.5, 0.6) is 0 Å². The molecule has 4 heteroatoms. The Morgan fingerprint density at radius 1 is 0.960 bits per heavy atom. The van der Waals surface area contributed by atoms with Crippen LogP contribution in [0.1, 0.15) is 30.4 Å². The monoisotopic (exact) mass is 336 g/mol. The Kier molecular flexibility index (Phi) is 5.49. The second-order valence-corrected chi connectivity index (χ2v) is 6.51. The molecule has 1 atom stereocenters. The van der Waals surface area contributed by atoms with Crippen molar-refractivity contribution < 1.29 is 9.59 Å². The average molecular weight is 336 g/mol. The summed E-state index contributed by atoms with van der Waals surface area (Å²) in [6, 6.07) is 19.8. The molecule has 130 valence electrons. The molecule has 0 radical (unpaired) electrons. The fraction of sp³-hybridized carbons (Fsp3) is 0.333. The number of carbonyl (C=O) groups is 2. The average Bonchev–Trinajstić information content (AvgIpc) is 2.84. The van der Waals surface area contributed by atoms with Crippen LogP contribution < -0.4 is 0 Å². The summed E-state index contributed by atoms with van der Waals surface area (Å²) in [4.78, 5) is 28.9. The lowest BCUT2D eigenvalue weighted by Gasteiger charge is -2.25. The van der Waals surface area contributed by atoms with Gasteiger partial charge in [0.15, 0.2) is 0 Å². The van der Waals surface area contributed by atoms with E-state index in [0.29, 0.717) is 32.6 Å². The number of carbonyl (C=O) groups excluding carboxylic acids is 2. The number of amides is 2. The van der Waals surface area contributed by atoms with Crippen molar-refractivity contribution in [3.8, 4) is 0 Å². The number of nitrogens with zero attached hydrogens (tertiary/aromatic N) is 2. The molecule has 3 rings (SSSR count). The second-order valence-electron chi connectivity index (χ2n) is 6.51. The molecule has 0 spiro atoms. The maximum atomic E-state index is 12.8. The first-order valence-electron chi connectivity index (χ1n) is 8.80. The van der Waals surface area contributed by atoms with Crippen LogP contribution in [0.3, 0.4) is 0 Å². The van der Waals surface area contributed by atoms with Crippen LogP contribution in [0.2, 0.25) is 0 Å². The van der Waals surface area contributed by atoms with Gasteiger partial charge in [-0.3, -0.25) is 9.59 Å².